The molecule has 0 aromatic heterocycles. The zero-order chi connectivity index (χ0) is 16.9. The van der Waals surface area contributed by atoms with Gasteiger partial charge in [0, 0.05) is 23.6 Å². The lowest BCUT2D eigenvalue weighted by Crippen LogP contribution is -2.41. The zero-order valence-electron chi connectivity index (χ0n) is 14.3. The molecule has 0 spiro atoms. The predicted octanol–water partition coefficient (Wildman–Crippen LogP) is 4.38. The highest BCUT2D eigenvalue weighted by molar-refractivity contribution is 6.06. The Hall–Kier alpha value is -2.07. The van der Waals surface area contributed by atoms with E-state index in [1.54, 1.807) is 14.0 Å². The van der Waals surface area contributed by atoms with Crippen molar-refractivity contribution in [1.82, 2.24) is 0 Å². The fourth-order valence-electron chi connectivity index (χ4n) is 2.37. The molecule has 0 aliphatic heterocycles. The summed E-state index contributed by atoms with van der Waals surface area (Å²) in [5.74, 6) is 0.695. The van der Waals surface area contributed by atoms with Crippen LogP contribution in [0, 0.1) is 0 Å². The van der Waals surface area contributed by atoms with E-state index in [2.05, 4.69) is 12.2 Å². The third kappa shape index (κ3) is 3.64. The van der Waals surface area contributed by atoms with Crippen molar-refractivity contribution in [2.45, 2.75) is 39.2 Å². The maximum absolute atomic E-state index is 12.5. The Morgan fingerprint density at radius 1 is 1.13 bits per heavy atom. The van der Waals surface area contributed by atoms with Crippen LogP contribution in [0.2, 0.25) is 0 Å². The summed E-state index contributed by atoms with van der Waals surface area (Å²) in [7, 11) is 1.56. The highest BCUT2D eigenvalue weighted by Crippen LogP contribution is 2.32. The monoisotopic (exact) mass is 315 g/mol. The predicted molar refractivity (Wildman–Crippen MR) is 94.1 cm³/mol. The molecule has 1 N–H and O–H groups in total. The van der Waals surface area contributed by atoms with Crippen molar-refractivity contribution in [2.24, 2.45) is 0 Å². The van der Waals surface area contributed by atoms with Gasteiger partial charge in [0.25, 0.3) is 5.91 Å². The minimum Gasteiger partial charge on any atom is -0.493 e. The SMILES string of the molecule is CCCOc1ccc(NC(=O)C(C)(CC)OC)c2ccccc12. The summed E-state index contributed by atoms with van der Waals surface area (Å²) in [5.41, 5.74) is -0.0652. The van der Waals surface area contributed by atoms with E-state index in [4.69, 9.17) is 9.47 Å². The van der Waals surface area contributed by atoms with Gasteiger partial charge in [-0.1, -0.05) is 38.1 Å². The van der Waals surface area contributed by atoms with Gasteiger partial charge in [-0.3, -0.25) is 4.79 Å². The summed E-state index contributed by atoms with van der Waals surface area (Å²) in [6.45, 7) is 6.48. The van der Waals surface area contributed by atoms with Gasteiger partial charge in [-0.15, -0.1) is 0 Å². The van der Waals surface area contributed by atoms with Crippen molar-refractivity contribution in [3.05, 3.63) is 36.4 Å². The van der Waals surface area contributed by atoms with E-state index in [-0.39, 0.29) is 5.91 Å². The third-order valence-electron chi connectivity index (χ3n) is 4.20. The topological polar surface area (TPSA) is 47.6 Å². The van der Waals surface area contributed by atoms with E-state index in [1.807, 2.05) is 43.3 Å². The molecule has 4 heteroatoms. The number of methoxy groups -OCH3 is 1. The average Bonchev–Trinajstić information content (AvgIpc) is 2.60. The quantitative estimate of drug-likeness (QED) is 0.824. The standard InChI is InChI=1S/C19H25NO3/c1-5-13-23-17-12-11-16(14-9-7-8-10-15(14)17)20-18(21)19(3,6-2)22-4/h7-12H,5-6,13H2,1-4H3,(H,20,21). The molecule has 0 saturated heterocycles. The van der Waals surface area contributed by atoms with Gasteiger partial charge in [-0.2, -0.15) is 0 Å². The molecular formula is C19H25NO3. The molecule has 2 aromatic rings. The van der Waals surface area contributed by atoms with Crippen LogP contribution in [0.4, 0.5) is 5.69 Å². The molecule has 0 aliphatic carbocycles. The molecule has 0 bridgehead atoms. The Labute approximate surface area is 137 Å². The second-order valence-corrected chi connectivity index (χ2v) is 5.75. The lowest BCUT2D eigenvalue weighted by molar-refractivity contribution is -0.136. The van der Waals surface area contributed by atoms with E-state index in [0.29, 0.717) is 13.0 Å². The first-order chi connectivity index (χ1) is 11.1. The summed E-state index contributed by atoms with van der Waals surface area (Å²) in [6, 6.07) is 11.7. The van der Waals surface area contributed by atoms with Crippen LogP contribution in [0.25, 0.3) is 10.8 Å². The van der Waals surface area contributed by atoms with Gasteiger partial charge in [-0.25, -0.2) is 0 Å². The van der Waals surface area contributed by atoms with Gasteiger partial charge in [0.1, 0.15) is 11.4 Å². The summed E-state index contributed by atoms with van der Waals surface area (Å²) < 4.78 is 11.2. The van der Waals surface area contributed by atoms with Crippen LogP contribution in [0.5, 0.6) is 5.75 Å². The molecule has 23 heavy (non-hydrogen) atoms. The van der Waals surface area contributed by atoms with Crippen molar-refractivity contribution in [3.8, 4) is 5.75 Å². The van der Waals surface area contributed by atoms with Crippen LogP contribution in [0.3, 0.4) is 0 Å². The molecule has 1 atom stereocenters. The van der Waals surface area contributed by atoms with Crippen molar-refractivity contribution >= 4 is 22.4 Å². The highest BCUT2D eigenvalue weighted by Gasteiger charge is 2.31. The summed E-state index contributed by atoms with van der Waals surface area (Å²) in [5, 5.41) is 4.95. The van der Waals surface area contributed by atoms with E-state index >= 15 is 0 Å². The summed E-state index contributed by atoms with van der Waals surface area (Å²) in [4.78, 5) is 12.5. The number of nitrogens with one attached hydrogen (secondary N) is 1. The van der Waals surface area contributed by atoms with E-state index < -0.39 is 5.60 Å². The minimum atomic E-state index is -0.835. The van der Waals surface area contributed by atoms with Gasteiger partial charge in [0.05, 0.1) is 6.61 Å². The fourth-order valence-corrected chi connectivity index (χ4v) is 2.37. The maximum atomic E-state index is 12.5. The zero-order valence-corrected chi connectivity index (χ0v) is 14.3. The summed E-state index contributed by atoms with van der Waals surface area (Å²) in [6.07, 6.45) is 1.56. The van der Waals surface area contributed by atoms with E-state index in [1.165, 1.54) is 0 Å². The summed E-state index contributed by atoms with van der Waals surface area (Å²) >= 11 is 0. The van der Waals surface area contributed by atoms with Gasteiger partial charge < -0.3 is 14.8 Å². The van der Waals surface area contributed by atoms with Crippen LogP contribution < -0.4 is 10.1 Å². The second kappa shape index (κ2) is 7.47. The minimum absolute atomic E-state index is 0.144. The Bertz CT molecular complexity index is 677. The average molecular weight is 315 g/mol. The third-order valence-corrected chi connectivity index (χ3v) is 4.20. The van der Waals surface area contributed by atoms with Gasteiger partial charge in [-0.05, 0) is 31.9 Å². The maximum Gasteiger partial charge on any atom is 0.256 e. The highest BCUT2D eigenvalue weighted by atomic mass is 16.5. The van der Waals surface area contributed by atoms with Crippen molar-refractivity contribution in [2.75, 3.05) is 19.0 Å². The molecule has 0 aliphatic rings. The Morgan fingerprint density at radius 2 is 1.83 bits per heavy atom. The molecule has 124 valence electrons. The lowest BCUT2D eigenvalue weighted by atomic mass is 10.0. The van der Waals surface area contributed by atoms with Crippen molar-refractivity contribution in [1.29, 1.82) is 0 Å². The number of hydrogen-bond acceptors (Lipinski definition) is 3. The number of amides is 1. The Morgan fingerprint density at radius 3 is 2.43 bits per heavy atom. The number of carbonyl (C=O) groups excluding carboxylic acids is 1. The molecule has 2 rings (SSSR count). The number of hydrogen-bond donors (Lipinski definition) is 1. The van der Waals surface area contributed by atoms with Crippen LogP contribution in [0.15, 0.2) is 36.4 Å². The molecule has 1 amide bonds. The molecular weight excluding hydrogens is 290 g/mol. The first-order valence-corrected chi connectivity index (χ1v) is 8.07. The lowest BCUT2D eigenvalue weighted by Gasteiger charge is -2.25. The number of fused-ring (bicyclic) bond motifs is 1. The fraction of sp³-hybridized carbons (Fsp3) is 0.421. The van der Waals surface area contributed by atoms with Gasteiger partial charge >= 0.3 is 0 Å². The van der Waals surface area contributed by atoms with Crippen molar-refractivity contribution in [3.63, 3.8) is 0 Å². The number of anilines is 1. The van der Waals surface area contributed by atoms with Crippen LogP contribution in [0.1, 0.15) is 33.6 Å². The molecule has 0 heterocycles. The Kier molecular flexibility index (Phi) is 5.61. The first kappa shape index (κ1) is 17.3. The van der Waals surface area contributed by atoms with E-state index in [9.17, 15) is 4.79 Å². The normalized spacial score (nSPS) is 13.6. The molecule has 2 aromatic carbocycles. The van der Waals surface area contributed by atoms with E-state index in [0.717, 1.165) is 28.6 Å². The van der Waals surface area contributed by atoms with Crippen LogP contribution in [-0.4, -0.2) is 25.2 Å². The molecule has 0 fully saturated rings. The number of ether oxygens (including phenoxy) is 2. The number of rotatable bonds is 7. The van der Waals surface area contributed by atoms with Crippen molar-refractivity contribution < 1.29 is 14.3 Å². The number of benzene rings is 2. The Balaban J connectivity index is 2.37. The molecule has 0 radical (unpaired) electrons. The van der Waals surface area contributed by atoms with Gasteiger partial charge in [0.15, 0.2) is 0 Å². The van der Waals surface area contributed by atoms with Gasteiger partial charge in [0.2, 0.25) is 0 Å². The smallest absolute Gasteiger partial charge is 0.256 e. The van der Waals surface area contributed by atoms with Crippen LogP contribution in [-0.2, 0) is 9.53 Å². The first-order valence-electron chi connectivity index (χ1n) is 8.07. The second-order valence-electron chi connectivity index (χ2n) is 5.75. The largest absolute Gasteiger partial charge is 0.493 e. The molecule has 4 nitrogen and oxygen atoms in total. The number of carbonyl (C=O) groups is 1. The molecule has 1 unspecified atom stereocenters. The molecule has 0 saturated carbocycles. The van der Waals surface area contributed by atoms with Crippen LogP contribution >= 0.6 is 0 Å².